The number of aliphatic hydroxyl groups is 3. The smallest absolute Gasteiger partial charge is 0.151 e. The maximum absolute atomic E-state index is 10.9. The average molecular weight is 375 g/mol. The number of rotatable bonds is 20. The summed E-state index contributed by atoms with van der Waals surface area (Å²) in [5, 5.41) is 27.7. The third kappa shape index (κ3) is 14.7. The average Bonchev–Trinajstić information content (AvgIpc) is 2.66. The van der Waals surface area contributed by atoms with Crippen molar-refractivity contribution in [2.45, 2.75) is 115 Å². The van der Waals surface area contributed by atoms with E-state index in [4.69, 9.17) is 9.84 Å². The van der Waals surface area contributed by atoms with E-state index in [0.717, 1.165) is 19.3 Å². The van der Waals surface area contributed by atoms with Crippen molar-refractivity contribution >= 4 is 6.29 Å². The first-order valence-electron chi connectivity index (χ1n) is 10.7. The Balaban J connectivity index is 3.34. The van der Waals surface area contributed by atoms with Crippen LogP contribution in [0.25, 0.3) is 0 Å². The van der Waals surface area contributed by atoms with Crippen molar-refractivity contribution in [3.63, 3.8) is 0 Å². The molecule has 0 amide bonds. The third-order valence-corrected chi connectivity index (χ3v) is 4.86. The quantitative estimate of drug-likeness (QED) is 0.223. The molecule has 5 nitrogen and oxygen atoms in total. The number of aldehydes is 1. The summed E-state index contributed by atoms with van der Waals surface area (Å²) in [5.41, 5.74) is 0. The van der Waals surface area contributed by atoms with E-state index in [1.807, 2.05) is 0 Å². The van der Waals surface area contributed by atoms with Crippen molar-refractivity contribution in [2.24, 2.45) is 0 Å². The molecule has 0 saturated heterocycles. The summed E-state index contributed by atoms with van der Waals surface area (Å²) in [5.74, 6) is 0. The van der Waals surface area contributed by atoms with E-state index in [9.17, 15) is 15.0 Å². The van der Waals surface area contributed by atoms with Gasteiger partial charge in [-0.15, -0.1) is 0 Å². The Morgan fingerprint density at radius 3 is 1.58 bits per heavy atom. The summed E-state index contributed by atoms with van der Waals surface area (Å²) in [6, 6.07) is 0. The zero-order chi connectivity index (χ0) is 19.5. The van der Waals surface area contributed by atoms with Crippen LogP contribution in [-0.4, -0.2) is 53.1 Å². The van der Waals surface area contributed by atoms with E-state index in [0.29, 0.717) is 12.9 Å². The van der Waals surface area contributed by atoms with Gasteiger partial charge in [0.2, 0.25) is 0 Å². The molecule has 0 saturated carbocycles. The summed E-state index contributed by atoms with van der Waals surface area (Å²) in [6.45, 7) is 2.05. The molecule has 0 fully saturated rings. The van der Waals surface area contributed by atoms with Crippen LogP contribution in [0.1, 0.15) is 96.8 Å². The largest absolute Gasteiger partial charge is 0.394 e. The lowest BCUT2D eigenvalue weighted by Gasteiger charge is -2.21. The van der Waals surface area contributed by atoms with Crippen molar-refractivity contribution in [3.8, 4) is 0 Å². The standard InChI is InChI=1S/C21H42O5/c1-2-3-4-5-6-7-8-9-10-11-12-13-14-15-16-26-20(18-23)21(25)19(24)17-22/h18-22,24-25H,2-17H2,1H3/t19-,20+,21-/m1/s1. The van der Waals surface area contributed by atoms with Gasteiger partial charge in [0.15, 0.2) is 6.29 Å². The highest BCUT2D eigenvalue weighted by Gasteiger charge is 2.26. The number of ether oxygens (including phenoxy) is 1. The number of aliphatic hydroxyl groups excluding tert-OH is 3. The molecule has 3 N–H and O–H groups in total. The summed E-state index contributed by atoms with van der Waals surface area (Å²) in [7, 11) is 0. The van der Waals surface area contributed by atoms with Crippen molar-refractivity contribution in [1.82, 2.24) is 0 Å². The molecule has 26 heavy (non-hydrogen) atoms. The van der Waals surface area contributed by atoms with Crippen LogP contribution in [-0.2, 0) is 9.53 Å². The number of hydrogen-bond donors (Lipinski definition) is 3. The van der Waals surface area contributed by atoms with Gasteiger partial charge in [0.1, 0.15) is 18.3 Å². The van der Waals surface area contributed by atoms with Crippen molar-refractivity contribution < 1.29 is 24.9 Å². The first-order valence-corrected chi connectivity index (χ1v) is 10.7. The van der Waals surface area contributed by atoms with E-state index < -0.39 is 24.9 Å². The molecular formula is C21H42O5. The molecule has 0 bridgehead atoms. The number of hydrogen-bond acceptors (Lipinski definition) is 5. The van der Waals surface area contributed by atoms with Crippen LogP contribution in [0.2, 0.25) is 0 Å². The Kier molecular flexibility index (Phi) is 18.9. The minimum Gasteiger partial charge on any atom is -0.394 e. The first-order chi connectivity index (χ1) is 12.7. The Bertz CT molecular complexity index is 298. The third-order valence-electron chi connectivity index (χ3n) is 4.86. The molecule has 0 aliphatic rings. The molecule has 156 valence electrons. The molecule has 5 heteroatoms. The zero-order valence-electron chi connectivity index (χ0n) is 16.8. The highest BCUT2D eigenvalue weighted by atomic mass is 16.5. The maximum Gasteiger partial charge on any atom is 0.151 e. The summed E-state index contributed by atoms with van der Waals surface area (Å²) < 4.78 is 5.29. The highest BCUT2D eigenvalue weighted by Crippen LogP contribution is 2.13. The maximum atomic E-state index is 10.9. The van der Waals surface area contributed by atoms with Gasteiger partial charge < -0.3 is 24.9 Å². The van der Waals surface area contributed by atoms with Crippen LogP contribution in [0.15, 0.2) is 0 Å². The minimum atomic E-state index is -1.37. The van der Waals surface area contributed by atoms with E-state index >= 15 is 0 Å². The van der Waals surface area contributed by atoms with Gasteiger partial charge in [-0.1, -0.05) is 90.4 Å². The molecule has 0 radical (unpaired) electrons. The SMILES string of the molecule is CCCCCCCCCCCCCCCCO[C@@H](C=O)[C@H](O)[C@H](O)CO. The molecule has 0 unspecified atom stereocenters. The second-order valence-corrected chi connectivity index (χ2v) is 7.31. The Hall–Kier alpha value is -0.490. The molecule has 3 atom stereocenters. The van der Waals surface area contributed by atoms with Gasteiger partial charge in [0, 0.05) is 6.61 Å². The second-order valence-electron chi connectivity index (χ2n) is 7.31. The molecule has 0 rings (SSSR count). The lowest BCUT2D eigenvalue weighted by atomic mass is 10.0. The van der Waals surface area contributed by atoms with Crippen LogP contribution in [0.4, 0.5) is 0 Å². The fourth-order valence-electron chi connectivity index (χ4n) is 3.06. The topological polar surface area (TPSA) is 87.0 Å². The van der Waals surface area contributed by atoms with Gasteiger partial charge in [-0.3, -0.25) is 0 Å². The molecular weight excluding hydrogens is 332 g/mol. The summed E-state index contributed by atoms with van der Waals surface area (Å²) in [6.07, 6.45) is 14.6. The molecule has 0 aromatic rings. The van der Waals surface area contributed by atoms with Crippen molar-refractivity contribution in [2.75, 3.05) is 13.2 Å². The lowest BCUT2D eigenvalue weighted by Crippen LogP contribution is -2.42. The van der Waals surface area contributed by atoms with Gasteiger partial charge in [-0.25, -0.2) is 0 Å². The van der Waals surface area contributed by atoms with E-state index in [2.05, 4.69) is 6.92 Å². The molecule has 0 aromatic carbocycles. The normalized spacial score (nSPS) is 14.9. The number of unbranched alkanes of at least 4 members (excludes halogenated alkanes) is 13. The van der Waals surface area contributed by atoms with Gasteiger partial charge in [0.05, 0.1) is 6.61 Å². The van der Waals surface area contributed by atoms with Gasteiger partial charge in [0.25, 0.3) is 0 Å². The van der Waals surface area contributed by atoms with Crippen LogP contribution >= 0.6 is 0 Å². The predicted molar refractivity (Wildman–Crippen MR) is 105 cm³/mol. The van der Waals surface area contributed by atoms with E-state index in [1.54, 1.807) is 0 Å². The molecule has 0 aliphatic carbocycles. The van der Waals surface area contributed by atoms with E-state index in [-0.39, 0.29) is 0 Å². The second kappa shape index (κ2) is 19.3. The van der Waals surface area contributed by atoms with Gasteiger partial charge in [-0.05, 0) is 6.42 Å². The van der Waals surface area contributed by atoms with Crippen LogP contribution < -0.4 is 0 Å². The van der Waals surface area contributed by atoms with Gasteiger partial charge >= 0.3 is 0 Å². The highest BCUT2D eigenvalue weighted by molar-refractivity contribution is 5.57. The van der Waals surface area contributed by atoms with Crippen LogP contribution in [0.3, 0.4) is 0 Å². The molecule has 0 aliphatic heterocycles. The van der Waals surface area contributed by atoms with Gasteiger partial charge in [-0.2, -0.15) is 0 Å². The Morgan fingerprint density at radius 1 is 0.769 bits per heavy atom. The fraction of sp³-hybridized carbons (Fsp3) is 0.952. The monoisotopic (exact) mass is 374 g/mol. The fourth-order valence-corrected chi connectivity index (χ4v) is 3.06. The molecule has 0 spiro atoms. The predicted octanol–water partition coefficient (Wildman–Crippen LogP) is 3.77. The van der Waals surface area contributed by atoms with Crippen LogP contribution in [0, 0.1) is 0 Å². The van der Waals surface area contributed by atoms with Crippen molar-refractivity contribution in [1.29, 1.82) is 0 Å². The lowest BCUT2D eigenvalue weighted by molar-refractivity contribution is -0.136. The van der Waals surface area contributed by atoms with Crippen LogP contribution in [0.5, 0.6) is 0 Å². The number of carbonyl (C=O) groups is 1. The molecule has 0 aromatic heterocycles. The Labute approximate surface area is 160 Å². The Morgan fingerprint density at radius 2 is 1.19 bits per heavy atom. The zero-order valence-corrected chi connectivity index (χ0v) is 16.8. The van der Waals surface area contributed by atoms with E-state index in [1.165, 1.54) is 70.6 Å². The summed E-state index contributed by atoms with van der Waals surface area (Å²) >= 11 is 0. The van der Waals surface area contributed by atoms with Crippen molar-refractivity contribution in [3.05, 3.63) is 0 Å². The minimum absolute atomic E-state index is 0.386. The first kappa shape index (κ1) is 25.5. The number of carbonyl (C=O) groups excluding carboxylic acids is 1. The summed E-state index contributed by atoms with van der Waals surface area (Å²) in [4.78, 5) is 10.9. The molecule has 0 heterocycles.